The van der Waals surface area contributed by atoms with E-state index in [1.807, 2.05) is 4.90 Å². The predicted molar refractivity (Wildman–Crippen MR) is 128 cm³/mol. The fraction of sp³-hybridized carbons (Fsp3) is 0.643. The van der Waals surface area contributed by atoms with Crippen LogP contribution in [-0.4, -0.2) is 36.3 Å². The highest BCUT2D eigenvalue weighted by Crippen LogP contribution is 2.58. The van der Waals surface area contributed by atoms with Crippen LogP contribution >= 0.6 is 0 Å². The van der Waals surface area contributed by atoms with Gasteiger partial charge in [0.1, 0.15) is 23.2 Å². The fourth-order valence-electron chi connectivity index (χ4n) is 6.46. The Morgan fingerprint density at radius 3 is 2.64 bits per heavy atom. The molecule has 3 aliphatic rings. The van der Waals surface area contributed by atoms with Crippen molar-refractivity contribution in [3.8, 4) is 0 Å². The third kappa shape index (κ3) is 4.14. The predicted octanol–water partition coefficient (Wildman–Crippen LogP) is 5.77. The molecule has 1 aromatic carbocycles. The number of hydrogen-bond acceptors (Lipinski definition) is 4. The van der Waals surface area contributed by atoms with Gasteiger partial charge in [-0.25, -0.2) is 0 Å². The first-order valence-corrected chi connectivity index (χ1v) is 12.6. The average Bonchev–Trinajstić information content (AvgIpc) is 3.10. The molecule has 1 aliphatic carbocycles. The number of rotatable bonds is 4. The normalized spacial score (nSPS) is 25.6. The summed E-state index contributed by atoms with van der Waals surface area (Å²) in [4.78, 5) is 25.8. The highest BCUT2D eigenvalue weighted by Gasteiger charge is 2.53. The number of benzene rings is 1. The number of amides is 1. The zero-order chi connectivity index (χ0) is 23.4. The Labute approximate surface area is 196 Å². The van der Waals surface area contributed by atoms with Crippen LogP contribution in [0.1, 0.15) is 82.3 Å². The van der Waals surface area contributed by atoms with Crippen molar-refractivity contribution in [3.63, 3.8) is 0 Å². The number of carbonyl (C=O) groups is 2. The van der Waals surface area contributed by atoms with Crippen molar-refractivity contribution in [1.82, 2.24) is 4.90 Å². The van der Waals surface area contributed by atoms with Gasteiger partial charge >= 0.3 is 0 Å². The minimum absolute atomic E-state index is 0.0216. The second-order valence-corrected chi connectivity index (χ2v) is 11.6. The molecule has 5 rings (SSSR count). The third-order valence-corrected chi connectivity index (χ3v) is 8.56. The molecule has 0 unspecified atom stereocenters. The first kappa shape index (κ1) is 22.6. The fourth-order valence-corrected chi connectivity index (χ4v) is 6.46. The largest absolute Gasteiger partial charge is 0.458 e. The highest BCUT2D eigenvalue weighted by atomic mass is 16.5. The molecule has 5 nitrogen and oxygen atoms in total. The van der Waals surface area contributed by atoms with Gasteiger partial charge < -0.3 is 18.8 Å². The minimum Gasteiger partial charge on any atom is -0.458 e. The summed E-state index contributed by atoms with van der Waals surface area (Å²) >= 11 is 0. The molecule has 0 bridgehead atoms. The lowest BCUT2D eigenvalue weighted by Gasteiger charge is -2.54. The molecule has 178 valence electrons. The Bertz CT molecular complexity index is 1070. The quantitative estimate of drug-likeness (QED) is 0.592. The third-order valence-electron chi connectivity index (χ3n) is 8.56. The van der Waals surface area contributed by atoms with Gasteiger partial charge in [0.2, 0.25) is 5.91 Å². The van der Waals surface area contributed by atoms with E-state index in [4.69, 9.17) is 9.15 Å². The summed E-state index contributed by atoms with van der Waals surface area (Å²) in [6.45, 7) is 10.8. The molecule has 0 radical (unpaired) electrons. The molecule has 3 heterocycles. The van der Waals surface area contributed by atoms with Crippen LogP contribution in [0.15, 0.2) is 22.6 Å². The summed E-state index contributed by atoms with van der Waals surface area (Å²) in [5.74, 6) is 1.82. The first-order chi connectivity index (χ1) is 15.7. The van der Waals surface area contributed by atoms with E-state index in [1.165, 1.54) is 16.5 Å². The summed E-state index contributed by atoms with van der Waals surface area (Å²) in [6, 6.07) is 6.52. The molecule has 33 heavy (non-hydrogen) atoms. The Balaban J connectivity index is 1.30. The van der Waals surface area contributed by atoms with Crippen molar-refractivity contribution < 1.29 is 18.7 Å². The van der Waals surface area contributed by atoms with Gasteiger partial charge in [-0.1, -0.05) is 26.0 Å². The Kier molecular flexibility index (Phi) is 5.67. The van der Waals surface area contributed by atoms with E-state index in [2.05, 4.69) is 39.0 Å². The van der Waals surface area contributed by atoms with E-state index in [1.54, 1.807) is 6.92 Å². The standard InChI is InChI=1S/C28H37NO4/c1-18-8-9-20-21-15-27(3,4)22-16-28(17-32-26(22)25(21)33-23(20)14-18)10-12-29(13-11-28)24(31)7-5-6-19(2)30/h8-9,14,22,26H,5-7,10-13,15-17H2,1-4H3/t22-,26-/m0/s1. The van der Waals surface area contributed by atoms with Crippen molar-refractivity contribution in [2.45, 2.75) is 78.7 Å². The van der Waals surface area contributed by atoms with Crippen LogP contribution < -0.4 is 0 Å². The van der Waals surface area contributed by atoms with Crippen LogP contribution in [0.2, 0.25) is 0 Å². The Hall–Kier alpha value is -2.14. The van der Waals surface area contributed by atoms with E-state index >= 15 is 0 Å². The van der Waals surface area contributed by atoms with Crippen LogP contribution in [0, 0.1) is 23.7 Å². The zero-order valence-corrected chi connectivity index (χ0v) is 20.5. The SMILES string of the molecule is CC(=O)CCCC(=O)N1CCC2(CC1)CO[C@@H]1c3oc4cc(C)ccc4c3CC(C)(C)[C@H]1C2. The minimum atomic E-state index is 0.0216. The average molecular weight is 452 g/mol. The first-order valence-electron chi connectivity index (χ1n) is 12.6. The van der Waals surface area contributed by atoms with Crippen molar-refractivity contribution >= 4 is 22.7 Å². The second-order valence-electron chi connectivity index (χ2n) is 11.6. The topological polar surface area (TPSA) is 59.8 Å². The Morgan fingerprint density at radius 1 is 1.15 bits per heavy atom. The number of aryl methyl sites for hydroxylation is 1. The number of hydrogen-bond donors (Lipinski definition) is 0. The molecule has 2 atom stereocenters. The van der Waals surface area contributed by atoms with E-state index in [0.29, 0.717) is 25.2 Å². The molecular weight excluding hydrogens is 414 g/mol. The molecule has 1 aromatic heterocycles. The number of likely N-dealkylation sites (tertiary alicyclic amines) is 1. The summed E-state index contributed by atoms with van der Waals surface area (Å²) in [5, 5.41) is 1.24. The van der Waals surface area contributed by atoms with Crippen LogP contribution in [-0.2, 0) is 20.7 Å². The van der Waals surface area contributed by atoms with Gasteiger partial charge in [0, 0.05) is 36.9 Å². The molecule has 1 amide bonds. The smallest absolute Gasteiger partial charge is 0.222 e. The van der Waals surface area contributed by atoms with Gasteiger partial charge in [-0.2, -0.15) is 0 Å². The number of piperidine rings is 1. The number of carbonyl (C=O) groups excluding carboxylic acids is 2. The summed E-state index contributed by atoms with van der Waals surface area (Å²) in [7, 11) is 0. The van der Waals surface area contributed by atoms with Crippen LogP contribution in [0.25, 0.3) is 11.0 Å². The Morgan fingerprint density at radius 2 is 1.91 bits per heavy atom. The van der Waals surface area contributed by atoms with E-state index < -0.39 is 0 Å². The number of ether oxygens (including phenoxy) is 1. The maximum absolute atomic E-state index is 12.6. The van der Waals surface area contributed by atoms with Gasteiger partial charge in [0.05, 0.1) is 6.61 Å². The number of fused-ring (bicyclic) bond motifs is 5. The summed E-state index contributed by atoms with van der Waals surface area (Å²) in [6.07, 6.45) is 5.80. The van der Waals surface area contributed by atoms with Gasteiger partial charge in [-0.3, -0.25) is 4.79 Å². The van der Waals surface area contributed by atoms with Crippen molar-refractivity contribution in [1.29, 1.82) is 0 Å². The maximum atomic E-state index is 12.6. The monoisotopic (exact) mass is 451 g/mol. The second kappa shape index (κ2) is 8.26. The number of Topliss-reactive ketones (excluding diaryl/α,β-unsaturated/α-hetero) is 1. The van der Waals surface area contributed by atoms with E-state index in [-0.39, 0.29) is 28.6 Å². The lowest BCUT2D eigenvalue weighted by Crippen LogP contribution is -2.51. The van der Waals surface area contributed by atoms with Gasteiger partial charge in [-0.05, 0) is 74.3 Å². The number of ketones is 1. The van der Waals surface area contributed by atoms with E-state index in [9.17, 15) is 9.59 Å². The zero-order valence-electron chi connectivity index (χ0n) is 20.5. The van der Waals surface area contributed by atoms with Crippen LogP contribution in [0.5, 0.6) is 0 Å². The molecule has 2 saturated heterocycles. The number of nitrogens with zero attached hydrogens (tertiary/aromatic N) is 1. The van der Waals surface area contributed by atoms with Crippen molar-refractivity contribution in [3.05, 3.63) is 35.1 Å². The van der Waals surface area contributed by atoms with Gasteiger partial charge in [-0.15, -0.1) is 0 Å². The summed E-state index contributed by atoms with van der Waals surface area (Å²) in [5.41, 5.74) is 3.81. The molecule has 5 heteroatoms. The van der Waals surface area contributed by atoms with Crippen molar-refractivity contribution in [2.75, 3.05) is 19.7 Å². The molecule has 1 spiro atoms. The van der Waals surface area contributed by atoms with Gasteiger partial charge in [0.25, 0.3) is 0 Å². The lowest BCUT2D eigenvalue weighted by molar-refractivity contribution is -0.163. The lowest BCUT2D eigenvalue weighted by atomic mass is 9.58. The maximum Gasteiger partial charge on any atom is 0.222 e. The van der Waals surface area contributed by atoms with Gasteiger partial charge in [0.15, 0.2) is 0 Å². The molecule has 2 aliphatic heterocycles. The summed E-state index contributed by atoms with van der Waals surface area (Å²) < 4.78 is 13.1. The van der Waals surface area contributed by atoms with Crippen molar-refractivity contribution in [2.24, 2.45) is 16.7 Å². The highest BCUT2D eigenvalue weighted by molar-refractivity contribution is 5.83. The van der Waals surface area contributed by atoms with E-state index in [0.717, 1.165) is 56.7 Å². The molecule has 2 fully saturated rings. The number of furan rings is 1. The molecule has 2 aromatic rings. The molecular formula is C28H37NO4. The van der Waals surface area contributed by atoms with Crippen LogP contribution in [0.3, 0.4) is 0 Å². The molecule has 0 N–H and O–H groups in total. The van der Waals surface area contributed by atoms with Crippen LogP contribution in [0.4, 0.5) is 0 Å². The molecule has 0 saturated carbocycles.